The molecule has 1 aliphatic rings. The van der Waals surface area contributed by atoms with Crippen molar-refractivity contribution in [1.82, 2.24) is 19.5 Å². The lowest BCUT2D eigenvalue weighted by molar-refractivity contribution is 0.122. The number of imidazole rings is 1. The summed E-state index contributed by atoms with van der Waals surface area (Å²) < 4.78 is 7.32. The van der Waals surface area contributed by atoms with Crippen molar-refractivity contribution in [3.63, 3.8) is 0 Å². The highest BCUT2D eigenvalue weighted by Gasteiger charge is 2.15. The molecule has 0 spiro atoms. The van der Waals surface area contributed by atoms with Gasteiger partial charge in [0.05, 0.1) is 18.9 Å². The third kappa shape index (κ3) is 3.30. The van der Waals surface area contributed by atoms with E-state index in [0.717, 1.165) is 37.7 Å². The molecule has 0 saturated carbocycles. The van der Waals surface area contributed by atoms with Crippen molar-refractivity contribution >= 4 is 51.3 Å². The number of benzene rings is 1. The number of nitrogens with one attached hydrogen (secondary N) is 1. The zero-order valence-corrected chi connectivity index (χ0v) is 16.5. The van der Waals surface area contributed by atoms with Gasteiger partial charge in [-0.1, -0.05) is 0 Å². The zero-order valence-electron chi connectivity index (χ0n) is 14.9. The molecule has 0 amide bonds. The van der Waals surface area contributed by atoms with Crippen LogP contribution in [0.3, 0.4) is 0 Å². The maximum atomic E-state index is 6.19. The van der Waals surface area contributed by atoms with Crippen molar-refractivity contribution < 1.29 is 4.74 Å². The molecule has 1 N–H and O–H groups in total. The Hall–Kier alpha value is -2.68. The SMILES string of the molecule is Clc1nc(Nc2ccc(N3CCOCC3)cc2)c2ncn(-c3ccsc3)c2n1. The van der Waals surface area contributed by atoms with Gasteiger partial charge in [0.25, 0.3) is 0 Å². The maximum Gasteiger partial charge on any atom is 0.226 e. The largest absolute Gasteiger partial charge is 0.378 e. The first-order valence-electron chi connectivity index (χ1n) is 8.91. The first-order chi connectivity index (χ1) is 13.8. The number of thiophene rings is 1. The van der Waals surface area contributed by atoms with Gasteiger partial charge >= 0.3 is 0 Å². The number of morpholine rings is 1. The highest BCUT2D eigenvalue weighted by molar-refractivity contribution is 7.08. The van der Waals surface area contributed by atoms with Gasteiger partial charge < -0.3 is 15.0 Å². The fraction of sp³-hybridized carbons (Fsp3) is 0.211. The van der Waals surface area contributed by atoms with Crippen LogP contribution in [0.25, 0.3) is 16.9 Å². The molecule has 1 fully saturated rings. The number of fused-ring (bicyclic) bond motifs is 1. The first kappa shape index (κ1) is 17.4. The van der Waals surface area contributed by atoms with Crippen LogP contribution >= 0.6 is 22.9 Å². The fourth-order valence-electron chi connectivity index (χ4n) is 3.26. The minimum Gasteiger partial charge on any atom is -0.378 e. The second kappa shape index (κ2) is 7.38. The van der Waals surface area contributed by atoms with Crippen molar-refractivity contribution in [1.29, 1.82) is 0 Å². The average Bonchev–Trinajstić information content (AvgIpc) is 3.39. The summed E-state index contributed by atoms with van der Waals surface area (Å²) in [5.41, 5.74) is 4.45. The molecule has 0 atom stereocenters. The molecule has 3 aromatic heterocycles. The molecule has 1 aromatic carbocycles. The van der Waals surface area contributed by atoms with Crippen LogP contribution in [-0.4, -0.2) is 45.8 Å². The van der Waals surface area contributed by atoms with E-state index >= 15 is 0 Å². The van der Waals surface area contributed by atoms with Gasteiger partial charge in [-0.2, -0.15) is 21.3 Å². The Morgan fingerprint density at radius 3 is 2.61 bits per heavy atom. The predicted octanol–water partition coefficient (Wildman–Crippen LogP) is 4.11. The molecule has 5 rings (SSSR count). The van der Waals surface area contributed by atoms with Crippen LogP contribution in [0.1, 0.15) is 0 Å². The predicted molar refractivity (Wildman–Crippen MR) is 112 cm³/mol. The van der Waals surface area contributed by atoms with Gasteiger partial charge in [0.1, 0.15) is 6.33 Å². The third-order valence-corrected chi connectivity index (χ3v) is 5.50. The molecule has 0 radical (unpaired) electrons. The summed E-state index contributed by atoms with van der Waals surface area (Å²) in [6.45, 7) is 3.36. The molecule has 28 heavy (non-hydrogen) atoms. The molecule has 0 aliphatic carbocycles. The van der Waals surface area contributed by atoms with E-state index in [1.54, 1.807) is 17.7 Å². The summed E-state index contributed by atoms with van der Waals surface area (Å²) in [5.74, 6) is 0.586. The molecule has 1 saturated heterocycles. The van der Waals surface area contributed by atoms with Crippen LogP contribution in [0.4, 0.5) is 17.2 Å². The minimum absolute atomic E-state index is 0.178. The normalized spacial score (nSPS) is 14.5. The Balaban J connectivity index is 1.45. The molecule has 4 aromatic rings. The van der Waals surface area contributed by atoms with E-state index in [0.29, 0.717) is 17.0 Å². The summed E-state index contributed by atoms with van der Waals surface area (Å²) >= 11 is 7.81. The fourth-order valence-corrected chi connectivity index (χ4v) is 4.05. The number of anilines is 3. The van der Waals surface area contributed by atoms with Gasteiger partial charge in [0, 0.05) is 29.8 Å². The van der Waals surface area contributed by atoms with E-state index in [9.17, 15) is 0 Å². The van der Waals surface area contributed by atoms with Crippen LogP contribution in [0, 0.1) is 0 Å². The second-order valence-corrected chi connectivity index (χ2v) is 7.50. The minimum atomic E-state index is 0.178. The summed E-state index contributed by atoms with van der Waals surface area (Å²) in [4.78, 5) is 15.5. The van der Waals surface area contributed by atoms with Crippen molar-refractivity contribution in [2.24, 2.45) is 0 Å². The molecule has 0 bridgehead atoms. The average molecular weight is 413 g/mol. The van der Waals surface area contributed by atoms with Gasteiger partial charge in [0.2, 0.25) is 5.28 Å². The van der Waals surface area contributed by atoms with Crippen LogP contribution in [0.2, 0.25) is 5.28 Å². The van der Waals surface area contributed by atoms with Crippen molar-refractivity contribution in [3.05, 3.63) is 52.7 Å². The highest BCUT2D eigenvalue weighted by Crippen LogP contribution is 2.28. The zero-order chi connectivity index (χ0) is 18.9. The van der Waals surface area contributed by atoms with E-state index < -0.39 is 0 Å². The molecule has 4 heterocycles. The number of aromatic nitrogens is 4. The summed E-state index contributed by atoms with van der Waals surface area (Å²) in [5, 5.41) is 7.55. The molecule has 1 aliphatic heterocycles. The topological polar surface area (TPSA) is 68.1 Å². The number of hydrogen-bond donors (Lipinski definition) is 1. The highest BCUT2D eigenvalue weighted by atomic mass is 35.5. The Bertz CT molecular complexity index is 1090. The van der Waals surface area contributed by atoms with E-state index in [4.69, 9.17) is 16.3 Å². The molecular formula is C19H17ClN6OS. The molecule has 0 unspecified atom stereocenters. The standard InChI is InChI=1S/C19H17ClN6OS/c20-19-23-17(16-18(24-19)26(12-21-16)15-5-10-28-11-15)22-13-1-3-14(4-2-13)25-6-8-27-9-7-25/h1-5,10-12H,6-9H2,(H,22,23,24). The Labute approximate surface area is 170 Å². The second-order valence-electron chi connectivity index (χ2n) is 6.38. The Morgan fingerprint density at radius 2 is 1.86 bits per heavy atom. The van der Waals surface area contributed by atoms with Gasteiger partial charge in [-0.3, -0.25) is 4.57 Å². The maximum absolute atomic E-state index is 6.19. The third-order valence-electron chi connectivity index (χ3n) is 4.66. The smallest absolute Gasteiger partial charge is 0.226 e. The summed E-state index contributed by atoms with van der Waals surface area (Å²) in [7, 11) is 0. The van der Waals surface area contributed by atoms with Gasteiger partial charge in [0.15, 0.2) is 17.0 Å². The quantitative estimate of drug-likeness (QED) is 0.509. The molecule has 7 nitrogen and oxygen atoms in total. The molecular weight excluding hydrogens is 396 g/mol. The van der Waals surface area contributed by atoms with E-state index in [1.807, 2.05) is 33.5 Å². The number of ether oxygens (including phenoxy) is 1. The lowest BCUT2D eigenvalue weighted by Crippen LogP contribution is -2.36. The van der Waals surface area contributed by atoms with Crippen molar-refractivity contribution in [2.45, 2.75) is 0 Å². The van der Waals surface area contributed by atoms with E-state index in [2.05, 4.69) is 37.3 Å². The van der Waals surface area contributed by atoms with Crippen LogP contribution < -0.4 is 10.2 Å². The molecule has 142 valence electrons. The van der Waals surface area contributed by atoms with Crippen LogP contribution in [0.15, 0.2) is 47.4 Å². The van der Waals surface area contributed by atoms with Gasteiger partial charge in [-0.25, -0.2) is 4.98 Å². The van der Waals surface area contributed by atoms with Crippen molar-refractivity contribution in [3.8, 4) is 5.69 Å². The van der Waals surface area contributed by atoms with Gasteiger partial charge in [-0.15, -0.1) is 0 Å². The van der Waals surface area contributed by atoms with E-state index in [1.165, 1.54) is 5.69 Å². The number of rotatable bonds is 4. The first-order valence-corrected chi connectivity index (χ1v) is 10.2. The Kier molecular flexibility index (Phi) is 4.59. The summed E-state index contributed by atoms with van der Waals surface area (Å²) in [6.07, 6.45) is 1.74. The van der Waals surface area contributed by atoms with Crippen LogP contribution in [0.5, 0.6) is 0 Å². The lowest BCUT2D eigenvalue weighted by atomic mass is 10.2. The monoisotopic (exact) mass is 412 g/mol. The number of hydrogen-bond acceptors (Lipinski definition) is 7. The van der Waals surface area contributed by atoms with Gasteiger partial charge in [-0.05, 0) is 47.3 Å². The van der Waals surface area contributed by atoms with Crippen molar-refractivity contribution in [2.75, 3.05) is 36.5 Å². The summed E-state index contributed by atoms with van der Waals surface area (Å²) in [6, 6.07) is 10.3. The van der Waals surface area contributed by atoms with E-state index in [-0.39, 0.29) is 5.28 Å². The Morgan fingerprint density at radius 1 is 1.04 bits per heavy atom. The van der Waals surface area contributed by atoms with Crippen LogP contribution in [-0.2, 0) is 4.74 Å². The number of nitrogens with zero attached hydrogens (tertiary/aromatic N) is 5. The lowest BCUT2D eigenvalue weighted by Gasteiger charge is -2.28. The molecule has 9 heteroatoms. The number of halogens is 1.